The molecule has 102 valence electrons. The first-order chi connectivity index (χ1) is 9.72. The third-order valence-corrected chi connectivity index (χ3v) is 3.77. The highest BCUT2D eigenvalue weighted by Gasteiger charge is 2.07. The smallest absolute Gasteiger partial charge is 0.109 e. The molecule has 1 aromatic heterocycles. The lowest BCUT2D eigenvalue weighted by molar-refractivity contribution is 0.829. The number of rotatable bonds is 3. The normalized spacial score (nSPS) is 10.9. The van der Waals surface area contributed by atoms with Gasteiger partial charge in [0, 0.05) is 26.2 Å². The molecule has 0 radical (unpaired) electrons. The van der Waals surface area contributed by atoms with Crippen LogP contribution in [0.25, 0.3) is 22.2 Å². The highest BCUT2D eigenvalue weighted by Crippen LogP contribution is 2.26. The van der Waals surface area contributed by atoms with E-state index in [1.165, 1.54) is 16.6 Å². The fraction of sp³-hybridized carbons (Fsp3) is 0.235. The number of nitrogens with zero attached hydrogens (tertiary/aromatic N) is 2. The zero-order valence-electron chi connectivity index (χ0n) is 12.1. The topological polar surface area (TPSA) is 29.9 Å². The van der Waals surface area contributed by atoms with Crippen molar-refractivity contribution in [2.24, 2.45) is 7.05 Å². The number of hydrogen-bond donors (Lipinski definition) is 1. The summed E-state index contributed by atoms with van der Waals surface area (Å²) in [4.78, 5) is 4.71. The molecule has 1 N–H and O–H groups in total. The Kier molecular flexibility index (Phi) is 3.18. The minimum absolute atomic E-state index is 0.954. The lowest BCUT2D eigenvalue weighted by Crippen LogP contribution is -1.94. The van der Waals surface area contributed by atoms with Crippen LogP contribution in [0.15, 0.2) is 42.5 Å². The third kappa shape index (κ3) is 2.05. The van der Waals surface area contributed by atoms with Gasteiger partial charge in [0.2, 0.25) is 0 Å². The van der Waals surface area contributed by atoms with Crippen LogP contribution in [0.1, 0.15) is 12.7 Å². The first-order valence-electron chi connectivity index (χ1n) is 6.96. The van der Waals surface area contributed by atoms with Crippen LogP contribution in [0, 0.1) is 0 Å². The molecule has 3 aromatic rings. The maximum Gasteiger partial charge on any atom is 0.109 e. The third-order valence-electron chi connectivity index (χ3n) is 3.77. The highest BCUT2D eigenvalue weighted by atomic mass is 15.1. The van der Waals surface area contributed by atoms with Crippen molar-refractivity contribution >= 4 is 16.7 Å². The molecule has 0 aliphatic heterocycles. The highest BCUT2D eigenvalue weighted by molar-refractivity contribution is 5.83. The number of benzene rings is 2. The maximum atomic E-state index is 4.71. The zero-order valence-corrected chi connectivity index (χ0v) is 12.1. The van der Waals surface area contributed by atoms with Gasteiger partial charge in [0.05, 0.1) is 11.0 Å². The van der Waals surface area contributed by atoms with Crippen molar-refractivity contribution in [1.29, 1.82) is 0 Å². The summed E-state index contributed by atoms with van der Waals surface area (Å²) in [6.07, 6.45) is 0.954. The standard InChI is InChI=1S/C17H19N3/c1-4-17-19-15-11-13(8-9-16(15)20(17)3)12-6-5-7-14(10-12)18-2/h5-11,18H,4H2,1-3H3. The van der Waals surface area contributed by atoms with Crippen LogP contribution in [-0.4, -0.2) is 16.6 Å². The summed E-state index contributed by atoms with van der Waals surface area (Å²) in [5.41, 5.74) is 5.79. The molecule has 0 bridgehead atoms. The molecule has 3 rings (SSSR count). The minimum atomic E-state index is 0.954. The Bertz CT molecular complexity index is 756. The first-order valence-corrected chi connectivity index (χ1v) is 6.96. The lowest BCUT2D eigenvalue weighted by atomic mass is 10.0. The van der Waals surface area contributed by atoms with E-state index in [1.807, 2.05) is 7.05 Å². The Morgan fingerprint density at radius 3 is 2.65 bits per heavy atom. The van der Waals surface area contributed by atoms with Crippen LogP contribution in [0.4, 0.5) is 5.69 Å². The molecule has 20 heavy (non-hydrogen) atoms. The molecule has 0 spiro atoms. The second-order valence-electron chi connectivity index (χ2n) is 4.97. The fourth-order valence-electron chi connectivity index (χ4n) is 2.60. The quantitative estimate of drug-likeness (QED) is 0.779. The Balaban J connectivity index is 2.12. The van der Waals surface area contributed by atoms with Crippen molar-refractivity contribution in [2.45, 2.75) is 13.3 Å². The number of imidazole rings is 1. The number of fused-ring (bicyclic) bond motifs is 1. The predicted octanol–water partition coefficient (Wildman–Crippen LogP) is 3.84. The van der Waals surface area contributed by atoms with Crippen molar-refractivity contribution < 1.29 is 0 Å². The van der Waals surface area contributed by atoms with Gasteiger partial charge in [-0.25, -0.2) is 4.98 Å². The molecule has 3 heteroatoms. The van der Waals surface area contributed by atoms with Gasteiger partial charge in [0.25, 0.3) is 0 Å². The van der Waals surface area contributed by atoms with Gasteiger partial charge < -0.3 is 9.88 Å². The average molecular weight is 265 g/mol. The molecule has 1 heterocycles. The van der Waals surface area contributed by atoms with Crippen LogP contribution in [-0.2, 0) is 13.5 Å². The van der Waals surface area contributed by atoms with Crippen molar-refractivity contribution in [3.63, 3.8) is 0 Å². The SMILES string of the molecule is CCc1nc2cc(-c3cccc(NC)c3)ccc2n1C. The van der Waals surface area contributed by atoms with Gasteiger partial charge in [0.15, 0.2) is 0 Å². The summed E-state index contributed by atoms with van der Waals surface area (Å²) in [7, 11) is 4.02. The second kappa shape index (κ2) is 5.00. The summed E-state index contributed by atoms with van der Waals surface area (Å²) in [5.74, 6) is 1.13. The Hall–Kier alpha value is -2.29. The van der Waals surface area contributed by atoms with E-state index < -0.39 is 0 Å². The van der Waals surface area contributed by atoms with Crippen molar-refractivity contribution in [1.82, 2.24) is 9.55 Å². The molecule has 3 nitrogen and oxygen atoms in total. The molecular formula is C17H19N3. The van der Waals surface area contributed by atoms with E-state index in [-0.39, 0.29) is 0 Å². The number of aromatic nitrogens is 2. The Morgan fingerprint density at radius 1 is 1.10 bits per heavy atom. The van der Waals surface area contributed by atoms with Gasteiger partial charge >= 0.3 is 0 Å². The van der Waals surface area contributed by atoms with E-state index in [0.717, 1.165) is 23.4 Å². The molecule has 0 unspecified atom stereocenters. The van der Waals surface area contributed by atoms with E-state index in [1.54, 1.807) is 0 Å². The molecular weight excluding hydrogens is 246 g/mol. The molecule has 0 saturated heterocycles. The van der Waals surface area contributed by atoms with Crippen molar-refractivity contribution in [3.8, 4) is 11.1 Å². The molecule has 0 saturated carbocycles. The molecule has 0 fully saturated rings. The van der Waals surface area contributed by atoms with Gasteiger partial charge in [-0.3, -0.25) is 0 Å². The largest absolute Gasteiger partial charge is 0.388 e. The number of anilines is 1. The summed E-state index contributed by atoms with van der Waals surface area (Å²) in [6, 6.07) is 14.9. The van der Waals surface area contributed by atoms with Crippen LogP contribution >= 0.6 is 0 Å². The van der Waals surface area contributed by atoms with Gasteiger partial charge in [-0.2, -0.15) is 0 Å². The number of nitrogens with one attached hydrogen (secondary N) is 1. The van der Waals surface area contributed by atoms with Gasteiger partial charge in [-0.1, -0.05) is 25.1 Å². The number of hydrogen-bond acceptors (Lipinski definition) is 2. The Labute approximate surface area is 119 Å². The van der Waals surface area contributed by atoms with Crippen LogP contribution in [0.3, 0.4) is 0 Å². The summed E-state index contributed by atoms with van der Waals surface area (Å²) in [5, 5.41) is 3.18. The van der Waals surface area contributed by atoms with E-state index in [2.05, 4.69) is 66.3 Å². The monoisotopic (exact) mass is 265 g/mol. The van der Waals surface area contributed by atoms with E-state index >= 15 is 0 Å². The molecule has 0 aliphatic rings. The predicted molar refractivity (Wildman–Crippen MR) is 85.1 cm³/mol. The molecule has 0 amide bonds. The van der Waals surface area contributed by atoms with Crippen LogP contribution < -0.4 is 5.32 Å². The lowest BCUT2D eigenvalue weighted by Gasteiger charge is -2.05. The number of aryl methyl sites for hydroxylation is 2. The second-order valence-corrected chi connectivity index (χ2v) is 4.97. The summed E-state index contributed by atoms with van der Waals surface area (Å²) >= 11 is 0. The van der Waals surface area contributed by atoms with E-state index in [0.29, 0.717) is 0 Å². The molecule has 0 atom stereocenters. The van der Waals surface area contributed by atoms with Crippen LogP contribution in [0.5, 0.6) is 0 Å². The summed E-state index contributed by atoms with van der Waals surface area (Å²) < 4.78 is 2.17. The van der Waals surface area contributed by atoms with Gasteiger partial charge in [0.1, 0.15) is 5.82 Å². The summed E-state index contributed by atoms with van der Waals surface area (Å²) in [6.45, 7) is 2.14. The molecule has 2 aromatic carbocycles. The molecule has 0 aliphatic carbocycles. The average Bonchev–Trinajstić information content (AvgIpc) is 2.83. The fourth-order valence-corrected chi connectivity index (χ4v) is 2.60. The van der Waals surface area contributed by atoms with E-state index in [9.17, 15) is 0 Å². The van der Waals surface area contributed by atoms with Crippen molar-refractivity contribution in [2.75, 3.05) is 12.4 Å². The zero-order chi connectivity index (χ0) is 14.1. The maximum absolute atomic E-state index is 4.71. The first kappa shape index (κ1) is 12.7. The van der Waals surface area contributed by atoms with Gasteiger partial charge in [-0.15, -0.1) is 0 Å². The van der Waals surface area contributed by atoms with Crippen LogP contribution in [0.2, 0.25) is 0 Å². The van der Waals surface area contributed by atoms with E-state index in [4.69, 9.17) is 4.98 Å². The Morgan fingerprint density at radius 2 is 1.90 bits per heavy atom. The van der Waals surface area contributed by atoms with Crippen molar-refractivity contribution in [3.05, 3.63) is 48.3 Å². The van der Waals surface area contributed by atoms with Gasteiger partial charge in [-0.05, 0) is 35.4 Å². The minimum Gasteiger partial charge on any atom is -0.388 e.